The molecule has 0 fully saturated rings. The second-order valence-electron chi connectivity index (χ2n) is 5.08. The molecule has 0 bridgehead atoms. The van der Waals surface area contributed by atoms with Crippen LogP contribution in [0.4, 0.5) is 0 Å². The topological polar surface area (TPSA) is 12.0 Å². The molecule has 0 aliphatic rings. The molecule has 0 radical (unpaired) electrons. The van der Waals surface area contributed by atoms with E-state index in [-0.39, 0.29) is 0 Å². The Balaban J connectivity index is 2.53. The van der Waals surface area contributed by atoms with E-state index >= 15 is 0 Å². The highest BCUT2D eigenvalue weighted by atomic mass is 35.5. The van der Waals surface area contributed by atoms with Crippen LogP contribution in [0.3, 0.4) is 0 Å². The lowest BCUT2D eigenvalue weighted by atomic mass is 9.99. The van der Waals surface area contributed by atoms with E-state index < -0.39 is 0 Å². The first kappa shape index (κ1) is 16.9. The number of nitrogens with one attached hydrogen (secondary N) is 1. The van der Waals surface area contributed by atoms with Gasteiger partial charge >= 0.3 is 0 Å². The van der Waals surface area contributed by atoms with Crippen LogP contribution in [0.15, 0.2) is 30.3 Å². The average Bonchev–Trinajstić information content (AvgIpc) is 2.37. The lowest BCUT2D eigenvalue weighted by Crippen LogP contribution is -2.22. The highest BCUT2D eigenvalue weighted by Crippen LogP contribution is 2.39. The molecule has 112 valence electrons. The quantitative estimate of drug-likeness (QED) is 0.657. The summed E-state index contributed by atoms with van der Waals surface area (Å²) in [6, 6.07) is 9.44. The van der Waals surface area contributed by atoms with Crippen LogP contribution in [0.2, 0.25) is 20.1 Å². The van der Waals surface area contributed by atoms with Crippen molar-refractivity contribution >= 4 is 46.4 Å². The van der Waals surface area contributed by atoms with Gasteiger partial charge in [-0.25, -0.2) is 0 Å². The van der Waals surface area contributed by atoms with Gasteiger partial charge in [-0.15, -0.1) is 0 Å². The zero-order valence-corrected chi connectivity index (χ0v) is 14.7. The molecule has 0 spiro atoms. The summed E-state index contributed by atoms with van der Waals surface area (Å²) in [5.74, 6) is 0. The van der Waals surface area contributed by atoms with Crippen molar-refractivity contribution in [3.63, 3.8) is 0 Å². The van der Waals surface area contributed by atoms with E-state index in [1.807, 2.05) is 18.2 Å². The van der Waals surface area contributed by atoms with Crippen molar-refractivity contribution in [2.24, 2.45) is 0 Å². The molecule has 1 nitrogen and oxygen atoms in total. The molecule has 0 atom stereocenters. The third-order valence-electron chi connectivity index (χ3n) is 3.04. The summed E-state index contributed by atoms with van der Waals surface area (Å²) in [5, 5.41) is 5.63. The second kappa shape index (κ2) is 7.21. The Labute approximate surface area is 145 Å². The smallest absolute Gasteiger partial charge is 0.0514 e. The van der Waals surface area contributed by atoms with Gasteiger partial charge in [0.2, 0.25) is 0 Å². The zero-order chi connectivity index (χ0) is 15.6. The van der Waals surface area contributed by atoms with Gasteiger partial charge in [0.25, 0.3) is 0 Å². The zero-order valence-electron chi connectivity index (χ0n) is 11.7. The molecule has 2 aromatic carbocycles. The summed E-state index contributed by atoms with van der Waals surface area (Å²) < 4.78 is 0. The van der Waals surface area contributed by atoms with Crippen molar-refractivity contribution in [2.75, 3.05) is 0 Å². The molecule has 1 N–H and O–H groups in total. The van der Waals surface area contributed by atoms with Crippen molar-refractivity contribution in [1.29, 1.82) is 0 Å². The Morgan fingerprint density at radius 3 is 2.10 bits per heavy atom. The second-order valence-corrected chi connectivity index (χ2v) is 6.77. The number of halogens is 4. The molecule has 5 heteroatoms. The molecule has 0 saturated carbocycles. The molecule has 0 saturated heterocycles. The number of rotatable bonds is 4. The molecule has 0 aromatic heterocycles. The van der Waals surface area contributed by atoms with Gasteiger partial charge in [-0.2, -0.15) is 0 Å². The normalized spacial score (nSPS) is 11.2. The first-order chi connectivity index (χ1) is 9.88. The van der Waals surface area contributed by atoms with Crippen LogP contribution in [0.1, 0.15) is 19.4 Å². The summed E-state index contributed by atoms with van der Waals surface area (Å²) in [6.07, 6.45) is 0. The minimum absolute atomic E-state index is 0.369. The molecule has 0 aliphatic carbocycles. The van der Waals surface area contributed by atoms with Crippen LogP contribution >= 0.6 is 46.4 Å². The van der Waals surface area contributed by atoms with E-state index in [9.17, 15) is 0 Å². The lowest BCUT2D eigenvalue weighted by molar-refractivity contribution is 0.589. The van der Waals surface area contributed by atoms with E-state index in [1.165, 1.54) is 0 Å². The highest BCUT2D eigenvalue weighted by molar-refractivity contribution is 6.42. The monoisotopic (exact) mass is 361 g/mol. The molecular formula is C16H15Cl4N. The molecule has 0 amide bonds. The maximum Gasteiger partial charge on any atom is 0.0514 e. The maximum absolute atomic E-state index is 6.32. The van der Waals surface area contributed by atoms with Crippen LogP contribution in [0.5, 0.6) is 0 Å². The molecule has 2 aromatic rings. The Kier molecular flexibility index (Phi) is 5.81. The van der Waals surface area contributed by atoms with Crippen LogP contribution in [0, 0.1) is 0 Å². The fourth-order valence-corrected chi connectivity index (χ4v) is 3.28. The van der Waals surface area contributed by atoms with Crippen LogP contribution in [0.25, 0.3) is 11.1 Å². The van der Waals surface area contributed by atoms with Gasteiger partial charge in [-0.1, -0.05) is 66.3 Å². The molecule has 0 heterocycles. The van der Waals surface area contributed by atoms with Gasteiger partial charge in [0.05, 0.1) is 10.0 Å². The fourth-order valence-electron chi connectivity index (χ4n) is 2.07. The molecule has 21 heavy (non-hydrogen) atoms. The summed E-state index contributed by atoms with van der Waals surface area (Å²) in [7, 11) is 0. The third-order valence-corrected chi connectivity index (χ3v) is 4.09. The van der Waals surface area contributed by atoms with Crippen molar-refractivity contribution in [3.8, 4) is 11.1 Å². The molecule has 0 unspecified atom stereocenters. The first-order valence-corrected chi connectivity index (χ1v) is 8.06. The van der Waals surface area contributed by atoms with Gasteiger partial charge in [0.15, 0.2) is 0 Å². The predicted molar refractivity (Wildman–Crippen MR) is 93.9 cm³/mol. The van der Waals surface area contributed by atoms with Gasteiger partial charge in [-0.05, 0) is 35.4 Å². The number of benzene rings is 2. The summed E-state index contributed by atoms with van der Waals surface area (Å²) in [4.78, 5) is 0. The Morgan fingerprint density at radius 2 is 1.52 bits per heavy atom. The minimum Gasteiger partial charge on any atom is -0.310 e. The highest BCUT2D eigenvalue weighted by Gasteiger charge is 2.14. The number of hydrogen-bond donors (Lipinski definition) is 1. The molecular weight excluding hydrogens is 348 g/mol. The van der Waals surface area contributed by atoms with Crippen molar-refractivity contribution < 1.29 is 0 Å². The van der Waals surface area contributed by atoms with Crippen LogP contribution in [-0.2, 0) is 6.54 Å². The summed E-state index contributed by atoms with van der Waals surface area (Å²) in [5.41, 5.74) is 2.78. The number of hydrogen-bond acceptors (Lipinski definition) is 1. The van der Waals surface area contributed by atoms with E-state index in [4.69, 9.17) is 46.4 Å². The molecule has 2 rings (SSSR count). The van der Waals surface area contributed by atoms with E-state index in [0.717, 1.165) is 16.7 Å². The SMILES string of the molecule is CC(C)NCc1cc(Cl)ccc1-c1c(Cl)cc(Cl)cc1Cl. The lowest BCUT2D eigenvalue weighted by Gasteiger charge is -2.15. The third kappa shape index (κ3) is 4.28. The molecule has 0 aliphatic heterocycles. The first-order valence-electron chi connectivity index (χ1n) is 6.55. The van der Waals surface area contributed by atoms with Crippen molar-refractivity contribution in [1.82, 2.24) is 5.32 Å². The standard InChI is InChI=1S/C16H15Cl4N/c1-9(2)21-8-10-5-11(17)3-4-13(10)16-14(19)6-12(18)7-15(16)20/h3-7,9,21H,8H2,1-2H3. The van der Waals surface area contributed by atoms with E-state index in [2.05, 4.69) is 19.2 Å². The maximum atomic E-state index is 6.32. The largest absolute Gasteiger partial charge is 0.310 e. The fraction of sp³-hybridized carbons (Fsp3) is 0.250. The predicted octanol–water partition coefficient (Wildman–Crippen LogP) is 6.47. The van der Waals surface area contributed by atoms with Crippen LogP contribution < -0.4 is 5.32 Å². The van der Waals surface area contributed by atoms with Crippen molar-refractivity contribution in [2.45, 2.75) is 26.4 Å². The summed E-state index contributed by atoms with van der Waals surface area (Å²) >= 11 is 24.7. The minimum atomic E-state index is 0.369. The van der Waals surface area contributed by atoms with Gasteiger partial charge < -0.3 is 5.32 Å². The van der Waals surface area contributed by atoms with Crippen molar-refractivity contribution in [3.05, 3.63) is 56.0 Å². The van der Waals surface area contributed by atoms with E-state index in [0.29, 0.717) is 32.7 Å². The Morgan fingerprint density at radius 1 is 0.905 bits per heavy atom. The summed E-state index contributed by atoms with van der Waals surface area (Å²) in [6.45, 7) is 4.86. The Hall–Kier alpha value is -0.440. The van der Waals surface area contributed by atoms with Gasteiger partial charge in [0, 0.05) is 28.2 Å². The Bertz CT molecular complexity index is 630. The van der Waals surface area contributed by atoms with Crippen LogP contribution in [-0.4, -0.2) is 6.04 Å². The van der Waals surface area contributed by atoms with Gasteiger partial charge in [0.1, 0.15) is 0 Å². The average molecular weight is 363 g/mol. The van der Waals surface area contributed by atoms with E-state index in [1.54, 1.807) is 12.1 Å². The van der Waals surface area contributed by atoms with Gasteiger partial charge in [-0.3, -0.25) is 0 Å².